The number of rotatable bonds is 2. The minimum Gasteiger partial charge on any atom is -0.319 e. The fraction of sp³-hybridized carbons (Fsp3) is 0.250. The fourth-order valence-electron chi connectivity index (χ4n) is 1.15. The van der Waals surface area contributed by atoms with Gasteiger partial charge in [-0.2, -0.15) is 13.2 Å². The molecule has 1 heterocycles. The molecule has 1 aromatic heterocycles. The third kappa shape index (κ3) is 2.26. The molecule has 0 saturated carbocycles. The molecule has 0 saturated heterocycles. The van der Waals surface area contributed by atoms with Gasteiger partial charge in [0.1, 0.15) is 0 Å². The SMILES string of the molecule is O=Cc1[nH]c(=O)cc(C(F)(F)F)c1C(F)F. The van der Waals surface area contributed by atoms with Crippen LogP contribution >= 0.6 is 0 Å². The van der Waals surface area contributed by atoms with Crippen LogP contribution in [0.2, 0.25) is 0 Å². The Labute approximate surface area is 84.9 Å². The van der Waals surface area contributed by atoms with Crippen molar-refractivity contribution in [2.75, 3.05) is 0 Å². The minimum absolute atomic E-state index is 0.00546. The van der Waals surface area contributed by atoms with Crippen molar-refractivity contribution in [2.45, 2.75) is 12.6 Å². The molecule has 88 valence electrons. The molecule has 1 rings (SSSR count). The zero-order chi connectivity index (χ0) is 12.5. The molecule has 0 aliphatic heterocycles. The van der Waals surface area contributed by atoms with Gasteiger partial charge in [0.25, 0.3) is 6.43 Å². The van der Waals surface area contributed by atoms with Crippen molar-refractivity contribution in [3.8, 4) is 0 Å². The van der Waals surface area contributed by atoms with E-state index in [0.29, 0.717) is 0 Å². The number of hydrogen-bond acceptors (Lipinski definition) is 2. The molecule has 0 spiro atoms. The quantitative estimate of drug-likeness (QED) is 0.637. The zero-order valence-electron chi connectivity index (χ0n) is 7.44. The maximum absolute atomic E-state index is 12.4. The number of alkyl halides is 5. The van der Waals surface area contributed by atoms with Crippen molar-refractivity contribution in [3.05, 3.63) is 33.2 Å². The molecule has 1 aromatic rings. The Morgan fingerprint density at radius 3 is 2.25 bits per heavy atom. The maximum atomic E-state index is 12.4. The van der Waals surface area contributed by atoms with Crippen LogP contribution in [0.25, 0.3) is 0 Å². The fourth-order valence-corrected chi connectivity index (χ4v) is 1.15. The van der Waals surface area contributed by atoms with Crippen LogP contribution in [0, 0.1) is 0 Å². The molecule has 0 aromatic carbocycles. The number of aldehydes is 1. The molecule has 0 aliphatic carbocycles. The van der Waals surface area contributed by atoms with Crippen molar-refractivity contribution in [2.24, 2.45) is 0 Å². The topological polar surface area (TPSA) is 49.9 Å². The first kappa shape index (κ1) is 12.3. The molecular formula is C8H4F5NO2. The average Bonchev–Trinajstić information content (AvgIpc) is 2.14. The lowest BCUT2D eigenvalue weighted by Crippen LogP contribution is -2.20. The first-order valence-electron chi connectivity index (χ1n) is 3.85. The Hall–Kier alpha value is -1.73. The molecule has 0 unspecified atom stereocenters. The number of halogens is 5. The molecule has 0 atom stereocenters. The highest BCUT2D eigenvalue weighted by Gasteiger charge is 2.37. The van der Waals surface area contributed by atoms with Gasteiger partial charge in [-0.3, -0.25) is 9.59 Å². The number of carbonyl (C=O) groups is 1. The van der Waals surface area contributed by atoms with Gasteiger partial charge in [0.05, 0.1) is 16.8 Å². The van der Waals surface area contributed by atoms with E-state index in [-0.39, 0.29) is 12.4 Å². The number of hydrogen-bond donors (Lipinski definition) is 1. The highest BCUT2D eigenvalue weighted by atomic mass is 19.4. The Bertz CT molecular complexity index is 462. The summed E-state index contributed by atoms with van der Waals surface area (Å²) in [6, 6.07) is -0.00546. The molecule has 8 heteroatoms. The highest BCUT2D eigenvalue weighted by Crippen LogP contribution is 2.36. The number of H-pyrrole nitrogens is 1. The van der Waals surface area contributed by atoms with Crippen molar-refractivity contribution in [1.29, 1.82) is 0 Å². The van der Waals surface area contributed by atoms with Gasteiger partial charge in [-0.25, -0.2) is 8.78 Å². The Kier molecular flexibility index (Phi) is 3.11. The number of carbonyl (C=O) groups excluding carboxylic acids is 1. The second-order valence-electron chi connectivity index (χ2n) is 2.79. The van der Waals surface area contributed by atoms with E-state index in [4.69, 9.17) is 0 Å². The minimum atomic E-state index is -5.11. The lowest BCUT2D eigenvalue weighted by Gasteiger charge is -2.12. The lowest BCUT2D eigenvalue weighted by molar-refractivity contribution is -0.139. The Morgan fingerprint density at radius 2 is 1.88 bits per heavy atom. The summed E-state index contributed by atoms with van der Waals surface area (Å²) in [4.78, 5) is 22.6. The molecule has 0 amide bonds. The van der Waals surface area contributed by atoms with Gasteiger partial charge in [-0.15, -0.1) is 0 Å². The number of pyridine rings is 1. The standard InChI is InChI=1S/C8H4F5NO2/c9-7(10)6-3(8(11,12)13)1-5(16)14-4(6)2-15/h1-2,7H,(H,14,16). The first-order chi connectivity index (χ1) is 7.27. The van der Waals surface area contributed by atoms with E-state index < -0.39 is 35.0 Å². The van der Waals surface area contributed by atoms with Crippen LogP contribution in [0.15, 0.2) is 10.9 Å². The van der Waals surface area contributed by atoms with Gasteiger partial charge < -0.3 is 4.98 Å². The smallest absolute Gasteiger partial charge is 0.319 e. The third-order valence-corrected chi connectivity index (χ3v) is 1.76. The maximum Gasteiger partial charge on any atom is 0.417 e. The predicted molar refractivity (Wildman–Crippen MR) is 42.4 cm³/mol. The first-order valence-corrected chi connectivity index (χ1v) is 3.85. The van der Waals surface area contributed by atoms with Crippen LogP contribution in [-0.2, 0) is 6.18 Å². The highest BCUT2D eigenvalue weighted by molar-refractivity contribution is 5.75. The van der Waals surface area contributed by atoms with E-state index in [1.54, 1.807) is 4.98 Å². The van der Waals surface area contributed by atoms with Crippen molar-refractivity contribution >= 4 is 6.29 Å². The molecule has 0 aliphatic rings. The van der Waals surface area contributed by atoms with Crippen molar-refractivity contribution in [3.63, 3.8) is 0 Å². The summed E-state index contributed by atoms with van der Waals surface area (Å²) in [6.45, 7) is 0. The van der Waals surface area contributed by atoms with Gasteiger partial charge in [0, 0.05) is 6.07 Å². The average molecular weight is 241 g/mol. The Balaban J connectivity index is 3.64. The summed E-state index contributed by atoms with van der Waals surface area (Å²) in [6.07, 6.45) is -8.87. The summed E-state index contributed by atoms with van der Waals surface area (Å²) in [5.41, 5.74) is -5.64. The second-order valence-corrected chi connectivity index (χ2v) is 2.79. The van der Waals surface area contributed by atoms with Gasteiger partial charge in [-0.1, -0.05) is 0 Å². The van der Waals surface area contributed by atoms with Crippen LogP contribution in [0.5, 0.6) is 0 Å². The van der Waals surface area contributed by atoms with E-state index in [2.05, 4.69) is 0 Å². The van der Waals surface area contributed by atoms with Crippen molar-refractivity contribution in [1.82, 2.24) is 4.98 Å². The molecule has 0 bridgehead atoms. The second kappa shape index (κ2) is 4.03. The normalized spacial score (nSPS) is 11.9. The number of aromatic amines is 1. The Morgan fingerprint density at radius 1 is 1.31 bits per heavy atom. The molecular weight excluding hydrogens is 237 g/mol. The van der Waals surface area contributed by atoms with Crippen molar-refractivity contribution < 1.29 is 26.7 Å². The van der Waals surface area contributed by atoms with E-state index in [1.165, 1.54) is 0 Å². The monoisotopic (exact) mass is 241 g/mol. The van der Waals surface area contributed by atoms with Crippen LogP contribution in [0.4, 0.5) is 22.0 Å². The van der Waals surface area contributed by atoms with E-state index in [1.807, 2.05) is 0 Å². The summed E-state index contributed by atoms with van der Waals surface area (Å²) >= 11 is 0. The summed E-state index contributed by atoms with van der Waals surface area (Å²) < 4.78 is 61.6. The van der Waals surface area contributed by atoms with E-state index in [0.717, 1.165) is 0 Å². The van der Waals surface area contributed by atoms with Gasteiger partial charge in [-0.05, 0) is 0 Å². The van der Waals surface area contributed by atoms with Gasteiger partial charge in [0.15, 0.2) is 6.29 Å². The van der Waals surface area contributed by atoms with Gasteiger partial charge >= 0.3 is 6.18 Å². The largest absolute Gasteiger partial charge is 0.417 e. The number of aromatic nitrogens is 1. The van der Waals surface area contributed by atoms with Crippen LogP contribution in [0.1, 0.15) is 28.0 Å². The van der Waals surface area contributed by atoms with E-state index >= 15 is 0 Å². The molecule has 1 N–H and O–H groups in total. The molecule has 0 radical (unpaired) electrons. The third-order valence-electron chi connectivity index (χ3n) is 1.76. The predicted octanol–water partition coefficient (Wildman–Crippen LogP) is 2.14. The number of nitrogens with one attached hydrogen (secondary N) is 1. The summed E-state index contributed by atoms with van der Waals surface area (Å²) in [5, 5.41) is 0. The lowest BCUT2D eigenvalue weighted by atomic mass is 10.1. The van der Waals surface area contributed by atoms with Crippen LogP contribution in [0.3, 0.4) is 0 Å². The summed E-state index contributed by atoms with van der Waals surface area (Å²) in [5.74, 6) is 0. The molecule has 3 nitrogen and oxygen atoms in total. The van der Waals surface area contributed by atoms with Crippen LogP contribution in [-0.4, -0.2) is 11.3 Å². The van der Waals surface area contributed by atoms with E-state index in [9.17, 15) is 31.5 Å². The summed E-state index contributed by atoms with van der Waals surface area (Å²) in [7, 11) is 0. The van der Waals surface area contributed by atoms with Gasteiger partial charge in [0.2, 0.25) is 5.56 Å². The zero-order valence-corrected chi connectivity index (χ0v) is 7.44. The molecule has 0 fully saturated rings. The van der Waals surface area contributed by atoms with Crippen LogP contribution < -0.4 is 5.56 Å². The molecule has 16 heavy (non-hydrogen) atoms.